The minimum absolute atomic E-state index is 0. The summed E-state index contributed by atoms with van der Waals surface area (Å²) in [5, 5.41) is 35.1. The number of ether oxygens (including phenoxy) is 3. The molecule has 9 nitrogen and oxygen atoms in total. The first-order chi connectivity index (χ1) is 30.2. The maximum atomic E-state index is 11.7. The normalized spacial score (nSPS) is 10.3. The van der Waals surface area contributed by atoms with Crippen molar-refractivity contribution in [2.24, 2.45) is 0 Å². The molecule has 0 atom stereocenters. The predicted octanol–water partition coefficient (Wildman–Crippen LogP) is 8.21. The Balaban J connectivity index is 0.000000923. The molecular formula is C54H75AlO9. The molecule has 64 heavy (non-hydrogen) atoms. The molecule has 0 fully saturated rings. The van der Waals surface area contributed by atoms with Crippen molar-refractivity contribution in [3.63, 3.8) is 0 Å². The summed E-state index contributed by atoms with van der Waals surface area (Å²) in [7, 11) is 0. The summed E-state index contributed by atoms with van der Waals surface area (Å²) in [6.07, 6.45) is 13.2. The van der Waals surface area contributed by atoms with Crippen molar-refractivity contribution in [1.29, 1.82) is 0 Å². The smallest absolute Gasteiger partial charge is 0.545 e. The maximum Gasteiger partial charge on any atom is 3.00 e. The molecule has 0 amide bonds. The number of allylic oxidation sites excluding steroid dienone is 3. The predicted molar refractivity (Wildman–Crippen MR) is 258 cm³/mol. The van der Waals surface area contributed by atoms with Crippen LogP contribution in [0.1, 0.15) is 181 Å². The van der Waals surface area contributed by atoms with Crippen LogP contribution in [-0.4, -0.2) is 55.1 Å². The van der Waals surface area contributed by atoms with Gasteiger partial charge in [-0.05, 0) is 165 Å². The van der Waals surface area contributed by atoms with Gasteiger partial charge in [0.2, 0.25) is 0 Å². The Bertz CT molecular complexity index is 1830. The first-order valence-electron chi connectivity index (χ1n) is 23.1. The number of hydrogen-bond acceptors (Lipinski definition) is 9. The molecule has 0 aliphatic rings. The summed E-state index contributed by atoms with van der Waals surface area (Å²) in [6, 6.07) is 0. The fraction of sp³-hybridized carbons (Fsp3) is 0.500. The summed E-state index contributed by atoms with van der Waals surface area (Å²) in [5.74, 6) is -0.716. The standard InChI is InChI=1S/3C18H26O3.Al/c3*1-6-11-15-14(9-4)17(21-10-5)13(8-3)12(7-2)16(15)18(19)20;/h3*6H,1,7-11H2,2-5H3,(H,19,20);/q;;;+3/p-3. The molecule has 0 spiro atoms. The molecular weight excluding hydrogens is 820 g/mol. The second-order valence-electron chi connectivity index (χ2n) is 14.7. The fourth-order valence-corrected chi connectivity index (χ4v) is 9.04. The van der Waals surface area contributed by atoms with Crippen molar-refractivity contribution in [1.82, 2.24) is 0 Å². The molecule has 0 N–H and O–H groups in total. The first kappa shape index (κ1) is 59.2. The van der Waals surface area contributed by atoms with Crippen LogP contribution in [0, 0.1) is 0 Å². The number of carboxylic acid groups (broad SMARTS) is 3. The monoisotopic (exact) mass is 895 g/mol. The van der Waals surface area contributed by atoms with Crippen molar-refractivity contribution < 1.29 is 43.9 Å². The van der Waals surface area contributed by atoms with Crippen LogP contribution >= 0.6 is 0 Å². The van der Waals surface area contributed by atoms with E-state index in [4.69, 9.17) is 14.2 Å². The second kappa shape index (κ2) is 30.4. The molecule has 0 aliphatic heterocycles. The van der Waals surface area contributed by atoms with E-state index in [2.05, 4.69) is 19.7 Å². The Morgan fingerprint density at radius 2 is 0.531 bits per heavy atom. The van der Waals surface area contributed by atoms with Gasteiger partial charge in [0, 0.05) is 16.7 Å². The van der Waals surface area contributed by atoms with Gasteiger partial charge < -0.3 is 43.9 Å². The van der Waals surface area contributed by atoms with Crippen LogP contribution in [0.3, 0.4) is 0 Å². The molecule has 348 valence electrons. The zero-order valence-corrected chi connectivity index (χ0v) is 42.4. The molecule has 0 saturated heterocycles. The Morgan fingerprint density at radius 3 is 0.656 bits per heavy atom. The van der Waals surface area contributed by atoms with E-state index in [0.717, 1.165) is 123 Å². The second-order valence-corrected chi connectivity index (χ2v) is 14.7. The van der Waals surface area contributed by atoms with Gasteiger partial charge in [0.1, 0.15) is 17.2 Å². The van der Waals surface area contributed by atoms with Crippen LogP contribution in [0.25, 0.3) is 0 Å². The van der Waals surface area contributed by atoms with Gasteiger partial charge in [0.25, 0.3) is 0 Å². The zero-order chi connectivity index (χ0) is 48.0. The van der Waals surface area contributed by atoms with Gasteiger partial charge in [0.05, 0.1) is 37.7 Å². The van der Waals surface area contributed by atoms with Crippen LogP contribution in [0.4, 0.5) is 0 Å². The number of aromatic carboxylic acids is 3. The van der Waals surface area contributed by atoms with E-state index in [9.17, 15) is 29.7 Å². The van der Waals surface area contributed by atoms with Gasteiger partial charge in [-0.15, -0.1) is 19.7 Å². The summed E-state index contributed by atoms with van der Waals surface area (Å²) in [5.41, 5.74) is 11.9. The average molecular weight is 895 g/mol. The fourth-order valence-electron chi connectivity index (χ4n) is 9.04. The average Bonchev–Trinajstić information content (AvgIpc) is 3.26. The molecule has 3 aromatic carbocycles. The third-order valence-corrected chi connectivity index (χ3v) is 11.3. The van der Waals surface area contributed by atoms with E-state index in [1.54, 1.807) is 18.2 Å². The molecule has 10 heteroatoms. The third-order valence-electron chi connectivity index (χ3n) is 11.3. The molecule has 0 bridgehead atoms. The Morgan fingerprint density at radius 1 is 0.359 bits per heavy atom. The van der Waals surface area contributed by atoms with Gasteiger partial charge in [-0.1, -0.05) is 80.5 Å². The Hall–Kier alpha value is -4.78. The molecule has 0 heterocycles. The molecule has 0 aromatic heterocycles. The summed E-state index contributed by atoms with van der Waals surface area (Å²) >= 11 is 0. The number of carboxylic acids is 3. The number of carbonyl (C=O) groups is 3. The van der Waals surface area contributed by atoms with Gasteiger partial charge in [-0.3, -0.25) is 0 Å². The first-order valence-corrected chi connectivity index (χ1v) is 23.1. The molecule has 0 unspecified atom stereocenters. The van der Waals surface area contributed by atoms with E-state index in [1.165, 1.54) is 0 Å². The molecule has 0 radical (unpaired) electrons. The topological polar surface area (TPSA) is 148 Å². The van der Waals surface area contributed by atoms with E-state index >= 15 is 0 Å². The van der Waals surface area contributed by atoms with E-state index in [0.29, 0.717) is 75.0 Å². The van der Waals surface area contributed by atoms with E-state index in [1.807, 2.05) is 83.1 Å². The van der Waals surface area contributed by atoms with Gasteiger partial charge in [-0.25, -0.2) is 0 Å². The van der Waals surface area contributed by atoms with Crippen molar-refractivity contribution in [3.8, 4) is 17.2 Å². The van der Waals surface area contributed by atoms with Gasteiger partial charge in [0.15, 0.2) is 0 Å². The van der Waals surface area contributed by atoms with Crippen molar-refractivity contribution >= 4 is 35.3 Å². The molecule has 0 aliphatic carbocycles. The minimum Gasteiger partial charge on any atom is -0.545 e. The largest absolute Gasteiger partial charge is 3.00 e. The Labute approximate surface area is 396 Å². The number of benzene rings is 3. The Kier molecular flexibility index (Phi) is 28.1. The molecule has 3 aromatic rings. The zero-order valence-electron chi connectivity index (χ0n) is 41.2. The summed E-state index contributed by atoms with van der Waals surface area (Å²) < 4.78 is 17.6. The SMILES string of the molecule is C=CCc1c(CC)c(OCC)c(CC)c(CC)c1C(=O)[O-].C=CCc1c(CC)c(OCC)c(CC)c(CC)c1C(=O)[O-].C=CCc1c(CC)c(OCC)c(CC)c(CC)c1C(=O)[O-].[Al+3]. The minimum atomic E-state index is -1.10. The summed E-state index contributed by atoms with van der Waals surface area (Å²) in [4.78, 5) is 35.1. The van der Waals surface area contributed by atoms with E-state index < -0.39 is 17.9 Å². The van der Waals surface area contributed by atoms with Crippen LogP contribution in [-0.2, 0) is 77.0 Å². The van der Waals surface area contributed by atoms with Crippen LogP contribution < -0.4 is 29.5 Å². The summed E-state index contributed by atoms with van der Waals surface area (Å²) in [6.45, 7) is 36.9. The van der Waals surface area contributed by atoms with Gasteiger partial charge in [-0.2, -0.15) is 0 Å². The van der Waals surface area contributed by atoms with E-state index in [-0.39, 0.29) is 17.4 Å². The van der Waals surface area contributed by atoms with Gasteiger partial charge >= 0.3 is 17.4 Å². The molecule has 3 rings (SSSR count). The molecule has 0 saturated carbocycles. The number of hydrogen-bond donors (Lipinski definition) is 0. The van der Waals surface area contributed by atoms with Crippen LogP contribution in [0.5, 0.6) is 17.2 Å². The van der Waals surface area contributed by atoms with Crippen molar-refractivity contribution in [2.75, 3.05) is 19.8 Å². The van der Waals surface area contributed by atoms with Crippen molar-refractivity contribution in [3.05, 3.63) is 121 Å². The third kappa shape index (κ3) is 13.6. The maximum absolute atomic E-state index is 11.7. The number of carbonyl (C=O) groups excluding carboxylic acids is 3. The van der Waals surface area contributed by atoms with Crippen LogP contribution in [0.2, 0.25) is 0 Å². The number of rotatable bonds is 24. The van der Waals surface area contributed by atoms with Crippen molar-refractivity contribution in [2.45, 2.75) is 160 Å². The quantitative estimate of drug-likeness (QED) is 0.0641. The van der Waals surface area contributed by atoms with Crippen LogP contribution in [0.15, 0.2) is 38.0 Å².